The van der Waals surface area contributed by atoms with E-state index >= 15 is 0 Å². The average Bonchev–Trinajstić information content (AvgIpc) is 2.55. The quantitative estimate of drug-likeness (QED) is 0.790. The second kappa shape index (κ2) is 6.50. The van der Waals surface area contributed by atoms with E-state index in [4.69, 9.17) is 9.47 Å². The van der Waals surface area contributed by atoms with Gasteiger partial charge in [-0.2, -0.15) is 0 Å². The van der Waals surface area contributed by atoms with Crippen molar-refractivity contribution < 1.29 is 24.2 Å². The number of hydrogen-bond donors (Lipinski definition) is 1. The molecule has 0 heterocycles. The van der Waals surface area contributed by atoms with Gasteiger partial charge in [-0.1, -0.05) is 12.8 Å². The van der Waals surface area contributed by atoms with Gasteiger partial charge in [-0.05, 0) is 38.2 Å². The van der Waals surface area contributed by atoms with Crippen LogP contribution < -0.4 is 0 Å². The molecule has 0 unspecified atom stereocenters. The van der Waals surface area contributed by atoms with Crippen molar-refractivity contribution in [1.29, 1.82) is 0 Å². The van der Waals surface area contributed by atoms with Crippen molar-refractivity contribution in [3.05, 3.63) is 11.3 Å². The van der Waals surface area contributed by atoms with Crippen LogP contribution in [-0.2, 0) is 19.1 Å². The van der Waals surface area contributed by atoms with Crippen molar-refractivity contribution in [2.45, 2.75) is 52.2 Å². The first-order chi connectivity index (χ1) is 10.4. The molecule has 0 spiro atoms. The molecule has 2 rings (SSSR count). The topological polar surface area (TPSA) is 72.8 Å². The summed E-state index contributed by atoms with van der Waals surface area (Å²) in [6.07, 6.45) is 3.10. The molecule has 0 amide bonds. The zero-order chi connectivity index (χ0) is 16.5. The first-order valence-electron chi connectivity index (χ1n) is 7.91. The Labute approximate surface area is 131 Å². The van der Waals surface area contributed by atoms with Crippen molar-refractivity contribution in [1.82, 2.24) is 0 Å². The largest absolute Gasteiger partial charge is 0.504 e. The molecule has 0 aromatic heterocycles. The van der Waals surface area contributed by atoms with Crippen molar-refractivity contribution in [2.24, 2.45) is 17.3 Å². The minimum Gasteiger partial charge on any atom is -0.504 e. The molecule has 0 radical (unpaired) electrons. The summed E-state index contributed by atoms with van der Waals surface area (Å²) in [5, 5.41) is 10.2. The van der Waals surface area contributed by atoms with Crippen LogP contribution in [0.2, 0.25) is 0 Å². The van der Waals surface area contributed by atoms with Gasteiger partial charge in [-0.25, -0.2) is 0 Å². The highest BCUT2D eigenvalue weighted by atomic mass is 16.7. The van der Waals surface area contributed by atoms with E-state index in [0.29, 0.717) is 5.57 Å². The third-order valence-electron chi connectivity index (χ3n) is 5.67. The van der Waals surface area contributed by atoms with Gasteiger partial charge in [0.1, 0.15) is 5.78 Å². The molecule has 22 heavy (non-hydrogen) atoms. The summed E-state index contributed by atoms with van der Waals surface area (Å²) in [4.78, 5) is 25.3. The SMILES string of the molecule is COC(CC(=O)[C@]1(C)C(C)=C(O)C(=O)[C@@H]2CCCC[C@H]21)OC. The number of Topliss-reactive ketones (excluding diaryl/α,β-unsaturated/α-hetero) is 2. The smallest absolute Gasteiger partial charge is 0.200 e. The number of hydrogen-bond acceptors (Lipinski definition) is 5. The highest BCUT2D eigenvalue weighted by molar-refractivity contribution is 6.01. The number of ketones is 2. The maximum absolute atomic E-state index is 12.9. The van der Waals surface area contributed by atoms with E-state index in [1.165, 1.54) is 14.2 Å². The number of rotatable bonds is 5. The van der Waals surface area contributed by atoms with Gasteiger partial charge in [0.25, 0.3) is 0 Å². The van der Waals surface area contributed by atoms with Crippen LogP contribution in [0.15, 0.2) is 11.3 Å². The Morgan fingerprint density at radius 3 is 2.50 bits per heavy atom. The van der Waals surface area contributed by atoms with Gasteiger partial charge < -0.3 is 14.6 Å². The van der Waals surface area contributed by atoms with Gasteiger partial charge in [0.15, 0.2) is 17.8 Å². The summed E-state index contributed by atoms with van der Waals surface area (Å²) >= 11 is 0. The predicted octanol–water partition coefficient (Wildman–Crippen LogP) is 2.79. The molecule has 3 atom stereocenters. The van der Waals surface area contributed by atoms with Crippen LogP contribution in [0.5, 0.6) is 0 Å². The zero-order valence-electron chi connectivity index (χ0n) is 13.8. The number of carbonyl (C=O) groups is 2. The average molecular weight is 310 g/mol. The van der Waals surface area contributed by atoms with Crippen molar-refractivity contribution in [3.8, 4) is 0 Å². The summed E-state index contributed by atoms with van der Waals surface area (Å²) < 4.78 is 10.3. The van der Waals surface area contributed by atoms with Crippen LogP contribution in [0.4, 0.5) is 0 Å². The molecule has 0 saturated heterocycles. The normalized spacial score (nSPS) is 32.3. The summed E-state index contributed by atoms with van der Waals surface area (Å²) in [5.74, 6) is -0.719. The maximum atomic E-state index is 12.9. The van der Waals surface area contributed by atoms with Crippen LogP contribution >= 0.6 is 0 Å². The highest BCUT2D eigenvalue weighted by Crippen LogP contribution is 2.52. The lowest BCUT2D eigenvalue weighted by Gasteiger charge is -2.47. The van der Waals surface area contributed by atoms with Crippen molar-refractivity contribution >= 4 is 11.6 Å². The lowest BCUT2D eigenvalue weighted by atomic mass is 9.55. The van der Waals surface area contributed by atoms with E-state index in [1.807, 2.05) is 6.92 Å². The Morgan fingerprint density at radius 2 is 1.91 bits per heavy atom. The van der Waals surface area contributed by atoms with E-state index in [9.17, 15) is 14.7 Å². The second-order valence-corrected chi connectivity index (χ2v) is 6.57. The van der Waals surface area contributed by atoms with Gasteiger partial charge in [0.2, 0.25) is 0 Å². The fourth-order valence-corrected chi connectivity index (χ4v) is 4.06. The Balaban J connectivity index is 2.39. The molecular formula is C17H26O5. The number of ether oxygens (including phenoxy) is 2. The highest BCUT2D eigenvalue weighted by Gasteiger charge is 2.53. The number of allylic oxidation sites excluding steroid dienone is 2. The molecular weight excluding hydrogens is 284 g/mol. The van der Waals surface area contributed by atoms with E-state index in [1.54, 1.807) is 6.92 Å². The fourth-order valence-electron chi connectivity index (χ4n) is 4.06. The molecule has 0 aromatic rings. The minimum atomic E-state index is -0.821. The summed E-state index contributed by atoms with van der Waals surface area (Å²) in [6.45, 7) is 3.56. The van der Waals surface area contributed by atoms with Gasteiger partial charge in [-0.15, -0.1) is 0 Å². The first kappa shape index (κ1) is 17.2. The lowest BCUT2D eigenvalue weighted by molar-refractivity contribution is -0.149. The molecule has 0 aromatic carbocycles. The standard InChI is InChI=1S/C17H26O5/c1-10-15(19)16(20)11-7-5-6-8-12(11)17(10,2)13(18)9-14(21-3)22-4/h11-12,14,19H,5-9H2,1-4H3/t11-,12-,17-/m1/s1. The summed E-state index contributed by atoms with van der Waals surface area (Å²) in [6, 6.07) is 0. The van der Waals surface area contributed by atoms with E-state index in [-0.39, 0.29) is 35.6 Å². The van der Waals surface area contributed by atoms with Crippen molar-refractivity contribution in [3.63, 3.8) is 0 Å². The third kappa shape index (κ3) is 2.61. The molecule has 2 aliphatic carbocycles. The minimum absolute atomic E-state index is 0.0327. The second-order valence-electron chi connectivity index (χ2n) is 6.57. The molecule has 5 heteroatoms. The molecule has 2 aliphatic rings. The number of aliphatic hydroxyl groups excluding tert-OH is 1. The monoisotopic (exact) mass is 310 g/mol. The molecule has 0 bridgehead atoms. The van der Waals surface area contributed by atoms with Gasteiger partial charge in [0, 0.05) is 20.1 Å². The molecule has 1 saturated carbocycles. The van der Waals surface area contributed by atoms with E-state index < -0.39 is 11.7 Å². The lowest BCUT2D eigenvalue weighted by Crippen LogP contribution is -2.50. The zero-order valence-corrected chi connectivity index (χ0v) is 13.8. The number of fused-ring (bicyclic) bond motifs is 1. The third-order valence-corrected chi connectivity index (χ3v) is 5.67. The van der Waals surface area contributed by atoms with Crippen LogP contribution in [0.1, 0.15) is 46.0 Å². The first-order valence-corrected chi connectivity index (χ1v) is 7.91. The van der Waals surface area contributed by atoms with Gasteiger partial charge in [-0.3, -0.25) is 9.59 Å². The van der Waals surface area contributed by atoms with E-state index in [2.05, 4.69) is 0 Å². The molecule has 1 fully saturated rings. The Morgan fingerprint density at radius 1 is 1.32 bits per heavy atom. The molecule has 5 nitrogen and oxygen atoms in total. The molecule has 1 N–H and O–H groups in total. The van der Waals surface area contributed by atoms with Crippen LogP contribution in [0.25, 0.3) is 0 Å². The van der Waals surface area contributed by atoms with Gasteiger partial charge >= 0.3 is 0 Å². The summed E-state index contributed by atoms with van der Waals surface area (Å²) in [7, 11) is 3.00. The predicted molar refractivity (Wildman–Crippen MR) is 81.3 cm³/mol. The Bertz CT molecular complexity index is 491. The number of aliphatic hydroxyl groups is 1. The van der Waals surface area contributed by atoms with Gasteiger partial charge in [0.05, 0.1) is 11.8 Å². The number of methoxy groups -OCH3 is 2. The maximum Gasteiger partial charge on any atom is 0.200 e. The fraction of sp³-hybridized carbons (Fsp3) is 0.765. The van der Waals surface area contributed by atoms with Crippen LogP contribution in [0.3, 0.4) is 0 Å². The summed E-state index contributed by atoms with van der Waals surface area (Å²) in [5.41, 5.74) is -0.324. The van der Waals surface area contributed by atoms with Crippen molar-refractivity contribution in [2.75, 3.05) is 14.2 Å². The molecule has 0 aliphatic heterocycles. The molecule has 124 valence electrons. The number of carbonyl (C=O) groups excluding carboxylic acids is 2. The van der Waals surface area contributed by atoms with E-state index in [0.717, 1.165) is 25.7 Å². The van der Waals surface area contributed by atoms with Crippen LogP contribution in [-0.4, -0.2) is 37.2 Å². The Hall–Kier alpha value is -1.20. The van der Waals surface area contributed by atoms with Crippen LogP contribution in [0, 0.1) is 17.3 Å². The Kier molecular flexibility index (Phi) is 5.07.